The fourth-order valence-electron chi connectivity index (χ4n) is 3.05. The number of hydrogen-bond acceptors (Lipinski definition) is 2. The molecule has 1 amide bonds. The van der Waals surface area contributed by atoms with Crippen LogP contribution >= 0.6 is 11.6 Å². The lowest BCUT2D eigenvalue weighted by Crippen LogP contribution is -2.49. The SMILES string of the molecule is CNc1ccc(Cl)cc1C(=O)N1CC(C)CC(C)C1C. The van der Waals surface area contributed by atoms with Gasteiger partial charge in [0.2, 0.25) is 0 Å². The highest BCUT2D eigenvalue weighted by Crippen LogP contribution is 2.30. The van der Waals surface area contributed by atoms with Crippen LogP contribution in [0.2, 0.25) is 5.02 Å². The Hall–Kier alpha value is -1.22. The van der Waals surface area contributed by atoms with Gasteiger partial charge in [-0.3, -0.25) is 4.79 Å². The van der Waals surface area contributed by atoms with Crippen molar-refractivity contribution < 1.29 is 4.79 Å². The molecule has 3 nitrogen and oxygen atoms in total. The molecule has 0 spiro atoms. The number of likely N-dealkylation sites (tertiary alicyclic amines) is 1. The van der Waals surface area contributed by atoms with Crippen LogP contribution in [-0.2, 0) is 0 Å². The topological polar surface area (TPSA) is 32.3 Å². The van der Waals surface area contributed by atoms with Crippen LogP contribution in [0.25, 0.3) is 0 Å². The van der Waals surface area contributed by atoms with Gasteiger partial charge >= 0.3 is 0 Å². The maximum Gasteiger partial charge on any atom is 0.256 e. The number of rotatable bonds is 2. The number of anilines is 1. The fourth-order valence-corrected chi connectivity index (χ4v) is 3.22. The Morgan fingerprint density at radius 2 is 2.05 bits per heavy atom. The molecule has 0 aliphatic carbocycles. The van der Waals surface area contributed by atoms with Crippen LogP contribution in [0.1, 0.15) is 37.6 Å². The average Bonchev–Trinajstić information content (AvgIpc) is 2.42. The van der Waals surface area contributed by atoms with Crippen LogP contribution in [0.4, 0.5) is 5.69 Å². The van der Waals surface area contributed by atoms with Crippen molar-refractivity contribution in [3.8, 4) is 0 Å². The van der Waals surface area contributed by atoms with Gasteiger partial charge in [-0.15, -0.1) is 0 Å². The molecule has 1 saturated heterocycles. The maximum absolute atomic E-state index is 12.9. The summed E-state index contributed by atoms with van der Waals surface area (Å²) in [6, 6.07) is 5.68. The van der Waals surface area contributed by atoms with Gasteiger partial charge in [0.25, 0.3) is 5.91 Å². The van der Waals surface area contributed by atoms with Crippen molar-refractivity contribution in [3.63, 3.8) is 0 Å². The molecule has 1 aromatic carbocycles. The number of carbonyl (C=O) groups is 1. The van der Waals surface area contributed by atoms with Crippen molar-refractivity contribution in [2.24, 2.45) is 11.8 Å². The van der Waals surface area contributed by atoms with E-state index in [4.69, 9.17) is 11.6 Å². The predicted molar refractivity (Wildman–Crippen MR) is 84.4 cm³/mol. The van der Waals surface area contributed by atoms with E-state index < -0.39 is 0 Å². The molecule has 1 fully saturated rings. The van der Waals surface area contributed by atoms with E-state index in [1.807, 2.05) is 18.0 Å². The van der Waals surface area contributed by atoms with Gasteiger partial charge in [0.15, 0.2) is 0 Å². The minimum absolute atomic E-state index is 0.0720. The first-order valence-electron chi connectivity index (χ1n) is 7.22. The second-order valence-electron chi connectivity index (χ2n) is 5.96. The lowest BCUT2D eigenvalue weighted by molar-refractivity contribution is 0.0456. The molecule has 0 saturated carbocycles. The number of amides is 1. The Labute approximate surface area is 126 Å². The van der Waals surface area contributed by atoms with E-state index in [1.54, 1.807) is 12.1 Å². The van der Waals surface area contributed by atoms with Gasteiger partial charge in [-0.05, 0) is 43.4 Å². The number of carbonyl (C=O) groups excluding carboxylic acids is 1. The fraction of sp³-hybridized carbons (Fsp3) is 0.562. The van der Waals surface area contributed by atoms with E-state index in [0.29, 0.717) is 22.4 Å². The molecule has 1 N–H and O–H groups in total. The standard InChI is InChI=1S/C16H23ClN2O/c1-10-7-11(2)12(3)19(9-10)16(20)14-8-13(17)5-6-15(14)18-4/h5-6,8,10-12,18H,7,9H2,1-4H3. The molecule has 3 atom stereocenters. The van der Waals surface area contributed by atoms with Crippen LogP contribution in [0, 0.1) is 11.8 Å². The van der Waals surface area contributed by atoms with E-state index >= 15 is 0 Å². The third-order valence-electron chi connectivity index (χ3n) is 4.34. The predicted octanol–water partition coefficient (Wildman–Crippen LogP) is 3.89. The number of halogens is 1. The zero-order chi connectivity index (χ0) is 14.9. The van der Waals surface area contributed by atoms with Crippen molar-refractivity contribution in [3.05, 3.63) is 28.8 Å². The smallest absolute Gasteiger partial charge is 0.256 e. The van der Waals surface area contributed by atoms with E-state index in [0.717, 1.165) is 12.2 Å². The molecule has 0 aromatic heterocycles. The lowest BCUT2D eigenvalue weighted by atomic mass is 9.85. The summed E-state index contributed by atoms with van der Waals surface area (Å²) in [6.45, 7) is 7.38. The summed E-state index contributed by atoms with van der Waals surface area (Å²) in [4.78, 5) is 14.9. The molecule has 1 aliphatic rings. The quantitative estimate of drug-likeness (QED) is 0.897. The Morgan fingerprint density at radius 1 is 1.35 bits per heavy atom. The second kappa shape index (κ2) is 6.04. The van der Waals surface area contributed by atoms with Gasteiger partial charge in [0.1, 0.15) is 0 Å². The highest BCUT2D eigenvalue weighted by molar-refractivity contribution is 6.31. The first kappa shape index (κ1) is 15.2. The molecule has 110 valence electrons. The molecule has 2 rings (SSSR count). The summed E-state index contributed by atoms with van der Waals surface area (Å²) < 4.78 is 0. The number of nitrogens with one attached hydrogen (secondary N) is 1. The Balaban J connectivity index is 2.32. The molecule has 4 heteroatoms. The molecule has 20 heavy (non-hydrogen) atoms. The third kappa shape index (κ3) is 2.93. The van der Waals surface area contributed by atoms with Crippen LogP contribution in [0.15, 0.2) is 18.2 Å². The molecule has 1 aliphatic heterocycles. The summed E-state index contributed by atoms with van der Waals surface area (Å²) in [5.74, 6) is 1.14. The summed E-state index contributed by atoms with van der Waals surface area (Å²) in [5.41, 5.74) is 1.49. The normalized spacial score (nSPS) is 26.4. The Morgan fingerprint density at radius 3 is 2.70 bits per heavy atom. The van der Waals surface area contributed by atoms with Crippen LogP contribution in [-0.4, -0.2) is 30.4 Å². The van der Waals surface area contributed by atoms with Crippen molar-refractivity contribution in [2.75, 3.05) is 18.9 Å². The van der Waals surface area contributed by atoms with Gasteiger partial charge in [-0.2, -0.15) is 0 Å². The molecule has 0 bridgehead atoms. The molecule has 0 radical (unpaired) electrons. The van der Waals surface area contributed by atoms with Crippen molar-refractivity contribution in [1.82, 2.24) is 4.90 Å². The van der Waals surface area contributed by atoms with Crippen LogP contribution < -0.4 is 5.32 Å². The molecular formula is C16H23ClN2O. The largest absolute Gasteiger partial charge is 0.387 e. The number of nitrogens with zero attached hydrogens (tertiary/aromatic N) is 1. The van der Waals surface area contributed by atoms with E-state index in [-0.39, 0.29) is 11.9 Å². The van der Waals surface area contributed by atoms with Crippen LogP contribution in [0.3, 0.4) is 0 Å². The maximum atomic E-state index is 12.9. The van der Waals surface area contributed by atoms with Crippen molar-refractivity contribution >= 4 is 23.2 Å². The summed E-state index contributed by atoms with van der Waals surface area (Å²) in [7, 11) is 1.82. The average molecular weight is 295 g/mol. The summed E-state index contributed by atoms with van der Waals surface area (Å²) in [6.07, 6.45) is 1.18. The number of piperidine rings is 1. The van der Waals surface area contributed by atoms with Gasteiger partial charge in [0.05, 0.1) is 5.56 Å². The lowest BCUT2D eigenvalue weighted by Gasteiger charge is -2.41. The van der Waals surface area contributed by atoms with Gasteiger partial charge in [-0.1, -0.05) is 25.4 Å². The molecule has 1 aromatic rings. The highest BCUT2D eigenvalue weighted by atomic mass is 35.5. The van der Waals surface area contributed by atoms with Crippen molar-refractivity contribution in [2.45, 2.75) is 33.2 Å². The first-order valence-corrected chi connectivity index (χ1v) is 7.60. The monoisotopic (exact) mass is 294 g/mol. The zero-order valence-corrected chi connectivity index (χ0v) is 13.4. The minimum atomic E-state index is 0.0720. The number of benzene rings is 1. The molecule has 1 heterocycles. The molecular weight excluding hydrogens is 272 g/mol. The highest BCUT2D eigenvalue weighted by Gasteiger charge is 2.33. The Kier molecular flexibility index (Phi) is 4.59. The second-order valence-corrected chi connectivity index (χ2v) is 6.39. The van der Waals surface area contributed by atoms with Gasteiger partial charge in [-0.25, -0.2) is 0 Å². The third-order valence-corrected chi connectivity index (χ3v) is 4.57. The number of hydrogen-bond donors (Lipinski definition) is 1. The van der Waals surface area contributed by atoms with Gasteiger partial charge < -0.3 is 10.2 Å². The van der Waals surface area contributed by atoms with E-state index in [9.17, 15) is 4.79 Å². The van der Waals surface area contributed by atoms with E-state index in [2.05, 4.69) is 26.1 Å². The van der Waals surface area contributed by atoms with Crippen LogP contribution in [0.5, 0.6) is 0 Å². The van der Waals surface area contributed by atoms with E-state index in [1.165, 1.54) is 6.42 Å². The Bertz CT molecular complexity index is 503. The summed E-state index contributed by atoms with van der Waals surface area (Å²) >= 11 is 6.05. The first-order chi connectivity index (χ1) is 9.43. The van der Waals surface area contributed by atoms with Gasteiger partial charge in [0, 0.05) is 30.3 Å². The van der Waals surface area contributed by atoms with Crippen molar-refractivity contribution in [1.29, 1.82) is 0 Å². The summed E-state index contributed by atoms with van der Waals surface area (Å²) in [5, 5.41) is 3.67. The molecule has 3 unspecified atom stereocenters. The zero-order valence-electron chi connectivity index (χ0n) is 12.6. The minimum Gasteiger partial charge on any atom is -0.387 e.